The zero-order valence-corrected chi connectivity index (χ0v) is 10.8. The third kappa shape index (κ3) is 3.00. The van der Waals surface area contributed by atoms with Crippen LogP contribution in [0, 0.1) is 6.92 Å². The largest absolute Gasteiger partial charge is 0.369 e. The van der Waals surface area contributed by atoms with Crippen molar-refractivity contribution < 1.29 is 4.74 Å². The van der Waals surface area contributed by atoms with E-state index in [0.717, 1.165) is 17.1 Å². The van der Waals surface area contributed by atoms with Crippen molar-refractivity contribution in [2.24, 2.45) is 5.73 Å². The highest BCUT2D eigenvalue weighted by Crippen LogP contribution is 2.30. The molecule has 0 radical (unpaired) electrons. The summed E-state index contributed by atoms with van der Waals surface area (Å²) >= 11 is 1.71. The lowest BCUT2D eigenvalue weighted by Crippen LogP contribution is -2.21. The number of ether oxygens (including phenoxy) is 1. The molecule has 0 aliphatic rings. The van der Waals surface area contributed by atoms with E-state index in [1.165, 1.54) is 4.88 Å². The van der Waals surface area contributed by atoms with Gasteiger partial charge in [-0.2, -0.15) is 0 Å². The van der Waals surface area contributed by atoms with Crippen LogP contribution in [0.25, 0.3) is 0 Å². The van der Waals surface area contributed by atoms with Gasteiger partial charge in [0, 0.05) is 11.5 Å². The van der Waals surface area contributed by atoms with Crippen LogP contribution in [0.2, 0.25) is 0 Å². The molecule has 0 spiro atoms. The van der Waals surface area contributed by atoms with E-state index in [0.29, 0.717) is 13.2 Å². The maximum atomic E-state index is 5.68. The second-order valence-corrected chi connectivity index (χ2v) is 5.09. The zero-order valence-electron chi connectivity index (χ0n) is 9.96. The first kappa shape index (κ1) is 12.6. The standard InChI is InChI=1S/C11H20N2OS/c1-5-14-11(3,4)10-13-8(2)9(15-10)6-7-12/h5-7,12H2,1-4H3. The lowest BCUT2D eigenvalue weighted by Gasteiger charge is -2.21. The second kappa shape index (κ2) is 5.05. The SMILES string of the molecule is CCOC(C)(C)c1nc(C)c(CCN)s1. The summed E-state index contributed by atoms with van der Waals surface area (Å²) < 4.78 is 5.68. The Morgan fingerprint density at radius 2 is 2.13 bits per heavy atom. The quantitative estimate of drug-likeness (QED) is 0.840. The number of thiazole rings is 1. The van der Waals surface area contributed by atoms with E-state index in [1.54, 1.807) is 11.3 Å². The summed E-state index contributed by atoms with van der Waals surface area (Å²) in [6.07, 6.45) is 0.908. The van der Waals surface area contributed by atoms with Gasteiger partial charge in [0.15, 0.2) is 0 Å². The van der Waals surface area contributed by atoms with Gasteiger partial charge in [0.2, 0.25) is 0 Å². The number of aryl methyl sites for hydroxylation is 1. The van der Waals surface area contributed by atoms with Crippen molar-refractivity contribution >= 4 is 11.3 Å². The topological polar surface area (TPSA) is 48.1 Å². The molecular formula is C11H20N2OS. The zero-order chi connectivity index (χ0) is 11.5. The van der Waals surface area contributed by atoms with E-state index in [-0.39, 0.29) is 5.60 Å². The van der Waals surface area contributed by atoms with Crippen molar-refractivity contribution in [3.05, 3.63) is 15.6 Å². The number of nitrogens with two attached hydrogens (primary N) is 1. The maximum absolute atomic E-state index is 5.68. The molecule has 0 fully saturated rings. The molecule has 0 saturated carbocycles. The van der Waals surface area contributed by atoms with Gasteiger partial charge in [0.25, 0.3) is 0 Å². The Morgan fingerprint density at radius 1 is 1.47 bits per heavy atom. The molecule has 0 aromatic carbocycles. The molecule has 15 heavy (non-hydrogen) atoms. The van der Waals surface area contributed by atoms with Crippen LogP contribution in [0.15, 0.2) is 0 Å². The summed E-state index contributed by atoms with van der Waals surface area (Å²) in [5.41, 5.74) is 6.36. The second-order valence-electron chi connectivity index (χ2n) is 4.01. The lowest BCUT2D eigenvalue weighted by molar-refractivity contribution is -0.0142. The summed E-state index contributed by atoms with van der Waals surface area (Å²) in [7, 11) is 0. The van der Waals surface area contributed by atoms with Crippen molar-refractivity contribution in [1.82, 2.24) is 4.98 Å². The summed E-state index contributed by atoms with van der Waals surface area (Å²) in [6.45, 7) is 9.54. The van der Waals surface area contributed by atoms with E-state index in [9.17, 15) is 0 Å². The molecule has 2 N–H and O–H groups in total. The van der Waals surface area contributed by atoms with Gasteiger partial charge in [-0.3, -0.25) is 0 Å². The highest BCUT2D eigenvalue weighted by atomic mass is 32.1. The Bertz CT molecular complexity index is 320. The lowest BCUT2D eigenvalue weighted by atomic mass is 10.1. The maximum Gasteiger partial charge on any atom is 0.125 e. The van der Waals surface area contributed by atoms with Crippen molar-refractivity contribution in [2.45, 2.75) is 39.7 Å². The van der Waals surface area contributed by atoms with Gasteiger partial charge < -0.3 is 10.5 Å². The summed E-state index contributed by atoms with van der Waals surface area (Å²) in [5.74, 6) is 0. The molecule has 0 aliphatic carbocycles. The van der Waals surface area contributed by atoms with Gasteiger partial charge >= 0.3 is 0 Å². The summed E-state index contributed by atoms with van der Waals surface area (Å²) in [4.78, 5) is 5.84. The van der Waals surface area contributed by atoms with Gasteiger partial charge in [0.05, 0.1) is 5.69 Å². The fourth-order valence-corrected chi connectivity index (χ4v) is 2.61. The molecule has 0 aliphatic heterocycles. The normalized spacial score (nSPS) is 12.1. The van der Waals surface area contributed by atoms with Crippen LogP contribution in [0.1, 0.15) is 36.3 Å². The predicted octanol–water partition coefficient (Wildman–Crippen LogP) is 2.22. The first-order valence-electron chi connectivity index (χ1n) is 5.32. The number of hydrogen-bond acceptors (Lipinski definition) is 4. The number of hydrogen-bond donors (Lipinski definition) is 1. The Kier molecular flexibility index (Phi) is 4.25. The van der Waals surface area contributed by atoms with E-state index in [2.05, 4.69) is 18.8 Å². The Labute approximate surface area is 95.7 Å². The summed E-state index contributed by atoms with van der Waals surface area (Å²) in [5, 5.41) is 1.05. The minimum Gasteiger partial charge on any atom is -0.369 e. The first-order valence-corrected chi connectivity index (χ1v) is 6.13. The van der Waals surface area contributed by atoms with E-state index in [4.69, 9.17) is 10.5 Å². The number of rotatable bonds is 5. The van der Waals surface area contributed by atoms with Gasteiger partial charge in [-0.05, 0) is 40.7 Å². The molecular weight excluding hydrogens is 208 g/mol. The Hall–Kier alpha value is -0.450. The van der Waals surface area contributed by atoms with E-state index >= 15 is 0 Å². The molecule has 0 amide bonds. The average molecular weight is 228 g/mol. The van der Waals surface area contributed by atoms with Crippen LogP contribution in [0.3, 0.4) is 0 Å². The summed E-state index contributed by atoms with van der Waals surface area (Å²) in [6, 6.07) is 0. The molecule has 1 heterocycles. The number of aromatic nitrogens is 1. The van der Waals surface area contributed by atoms with Crippen LogP contribution >= 0.6 is 11.3 Å². The fourth-order valence-electron chi connectivity index (χ4n) is 1.47. The molecule has 0 atom stereocenters. The van der Waals surface area contributed by atoms with Crippen LogP contribution < -0.4 is 5.73 Å². The molecule has 1 aromatic heterocycles. The fraction of sp³-hybridized carbons (Fsp3) is 0.727. The molecule has 86 valence electrons. The highest BCUT2D eigenvalue weighted by Gasteiger charge is 2.25. The van der Waals surface area contributed by atoms with Gasteiger partial charge in [0.1, 0.15) is 10.6 Å². The molecule has 1 aromatic rings. The Morgan fingerprint density at radius 3 is 2.67 bits per heavy atom. The minimum atomic E-state index is -0.281. The van der Waals surface area contributed by atoms with Crippen molar-refractivity contribution in [2.75, 3.05) is 13.2 Å². The smallest absolute Gasteiger partial charge is 0.125 e. The molecule has 3 nitrogen and oxygen atoms in total. The first-order chi connectivity index (χ1) is 7.01. The van der Waals surface area contributed by atoms with Crippen molar-refractivity contribution in [1.29, 1.82) is 0 Å². The average Bonchev–Trinajstić information content (AvgIpc) is 2.49. The van der Waals surface area contributed by atoms with Crippen LogP contribution in [-0.2, 0) is 16.8 Å². The van der Waals surface area contributed by atoms with Crippen LogP contribution in [0.5, 0.6) is 0 Å². The van der Waals surface area contributed by atoms with Gasteiger partial charge in [-0.25, -0.2) is 4.98 Å². The molecule has 0 saturated heterocycles. The monoisotopic (exact) mass is 228 g/mol. The van der Waals surface area contributed by atoms with Gasteiger partial charge in [-0.15, -0.1) is 11.3 Å². The molecule has 0 bridgehead atoms. The molecule has 0 unspecified atom stereocenters. The van der Waals surface area contributed by atoms with E-state index in [1.807, 2.05) is 13.8 Å². The molecule has 4 heteroatoms. The van der Waals surface area contributed by atoms with Crippen LogP contribution in [-0.4, -0.2) is 18.1 Å². The highest BCUT2D eigenvalue weighted by molar-refractivity contribution is 7.11. The van der Waals surface area contributed by atoms with Crippen molar-refractivity contribution in [3.8, 4) is 0 Å². The van der Waals surface area contributed by atoms with Crippen LogP contribution in [0.4, 0.5) is 0 Å². The third-order valence-corrected chi connectivity index (χ3v) is 3.81. The molecule has 1 rings (SSSR count). The van der Waals surface area contributed by atoms with Gasteiger partial charge in [-0.1, -0.05) is 0 Å². The predicted molar refractivity (Wildman–Crippen MR) is 64.3 cm³/mol. The van der Waals surface area contributed by atoms with Crippen molar-refractivity contribution in [3.63, 3.8) is 0 Å². The third-order valence-electron chi connectivity index (χ3n) is 2.28. The van der Waals surface area contributed by atoms with E-state index < -0.39 is 0 Å². The minimum absolute atomic E-state index is 0.281. The number of nitrogens with zero attached hydrogens (tertiary/aromatic N) is 1. The Balaban J connectivity index is 2.90.